The first-order valence-electron chi connectivity index (χ1n) is 20.3. The van der Waals surface area contributed by atoms with E-state index in [1.54, 1.807) is 62.4 Å². The SMILES string of the molecule is CC(=O)Oc1c(-n2nc3ccc(Cl)cc3n2)cc(C(C)C(=O)OCCOCCOC(=O)C(C)c2cc(-n3nc4ccc(Cl)cc4n3)c(OC(C)=O)c(C(C)(C)C)c2)cc1C(C)(C)C. The van der Waals surface area contributed by atoms with Crippen LogP contribution in [0.15, 0.2) is 60.7 Å². The lowest BCUT2D eigenvalue weighted by molar-refractivity contribution is -0.148. The first-order chi connectivity index (χ1) is 29.6. The highest BCUT2D eigenvalue weighted by atomic mass is 35.5. The predicted molar refractivity (Wildman–Crippen MR) is 237 cm³/mol. The maximum absolute atomic E-state index is 13.4. The number of hydrogen-bond donors (Lipinski definition) is 0. The van der Waals surface area contributed by atoms with Gasteiger partial charge in [0.05, 0.1) is 25.0 Å². The Morgan fingerprint density at radius 1 is 0.556 bits per heavy atom. The zero-order valence-corrected chi connectivity index (χ0v) is 38.4. The van der Waals surface area contributed by atoms with Crippen molar-refractivity contribution in [3.8, 4) is 22.9 Å². The molecule has 0 bridgehead atoms. The number of hydrogen-bond acceptors (Lipinski definition) is 13. The minimum absolute atomic E-state index is 0.0498. The summed E-state index contributed by atoms with van der Waals surface area (Å²) in [5, 5.41) is 19.4. The topological polar surface area (TPSA) is 176 Å². The van der Waals surface area contributed by atoms with Crippen molar-refractivity contribution in [2.45, 2.75) is 91.9 Å². The molecular weight excluding hydrogens is 851 g/mol. The van der Waals surface area contributed by atoms with Crippen LogP contribution in [-0.4, -0.2) is 80.3 Å². The predicted octanol–water partition coefficient (Wildman–Crippen LogP) is 8.92. The van der Waals surface area contributed by atoms with Gasteiger partial charge in [-0.3, -0.25) is 19.2 Å². The molecule has 4 aromatic carbocycles. The average molecular weight is 902 g/mol. The highest BCUT2D eigenvalue weighted by molar-refractivity contribution is 6.31. The van der Waals surface area contributed by atoms with E-state index < -0.39 is 46.5 Å². The van der Waals surface area contributed by atoms with Crippen molar-refractivity contribution < 1.29 is 42.9 Å². The monoisotopic (exact) mass is 900 g/mol. The third-order valence-electron chi connectivity index (χ3n) is 10.1. The molecule has 63 heavy (non-hydrogen) atoms. The van der Waals surface area contributed by atoms with Gasteiger partial charge in [-0.2, -0.15) is 0 Å². The van der Waals surface area contributed by atoms with Gasteiger partial charge in [0.15, 0.2) is 11.5 Å². The summed E-state index contributed by atoms with van der Waals surface area (Å²) in [6, 6.07) is 17.3. The van der Waals surface area contributed by atoms with Gasteiger partial charge in [0, 0.05) is 35.0 Å². The van der Waals surface area contributed by atoms with Crippen molar-refractivity contribution in [3.63, 3.8) is 0 Å². The molecule has 0 saturated heterocycles. The highest BCUT2D eigenvalue weighted by Gasteiger charge is 2.31. The summed E-state index contributed by atoms with van der Waals surface area (Å²) >= 11 is 12.4. The van der Waals surface area contributed by atoms with E-state index in [9.17, 15) is 19.2 Å². The van der Waals surface area contributed by atoms with Crippen molar-refractivity contribution in [1.29, 1.82) is 0 Å². The second kappa shape index (κ2) is 18.8. The Morgan fingerprint density at radius 3 is 1.27 bits per heavy atom. The Morgan fingerprint density at radius 2 is 0.921 bits per heavy atom. The van der Waals surface area contributed by atoms with Crippen LogP contribution in [0.3, 0.4) is 0 Å². The van der Waals surface area contributed by atoms with Crippen LogP contribution in [0.1, 0.15) is 103 Å². The van der Waals surface area contributed by atoms with Gasteiger partial charge in [-0.1, -0.05) is 76.9 Å². The molecule has 332 valence electrons. The Balaban J connectivity index is 1.09. The van der Waals surface area contributed by atoms with E-state index in [0.717, 1.165) is 0 Å². The number of carbonyl (C=O) groups excluding carboxylic acids is 4. The minimum atomic E-state index is -0.734. The quantitative estimate of drug-likeness (QED) is 0.0576. The summed E-state index contributed by atoms with van der Waals surface area (Å²) in [4.78, 5) is 54.1. The van der Waals surface area contributed by atoms with Crippen molar-refractivity contribution in [3.05, 3.63) is 93.0 Å². The third-order valence-corrected chi connectivity index (χ3v) is 10.5. The van der Waals surface area contributed by atoms with Crippen LogP contribution in [0, 0.1) is 0 Å². The number of benzene rings is 4. The third kappa shape index (κ3) is 11.0. The molecule has 6 rings (SSSR count). The van der Waals surface area contributed by atoms with Gasteiger partial charge < -0.3 is 23.7 Å². The molecule has 6 aromatic rings. The fourth-order valence-electron chi connectivity index (χ4n) is 6.70. The van der Waals surface area contributed by atoms with Crippen LogP contribution < -0.4 is 9.47 Å². The van der Waals surface area contributed by atoms with Gasteiger partial charge >= 0.3 is 23.9 Å². The van der Waals surface area contributed by atoms with E-state index >= 15 is 0 Å². The minimum Gasteiger partial charge on any atom is -0.463 e. The Bertz CT molecular complexity index is 2530. The van der Waals surface area contributed by atoms with E-state index in [-0.39, 0.29) is 37.9 Å². The molecule has 15 nitrogen and oxygen atoms in total. The maximum Gasteiger partial charge on any atom is 0.313 e. The van der Waals surface area contributed by atoms with Gasteiger partial charge in [0.2, 0.25) is 0 Å². The van der Waals surface area contributed by atoms with E-state index in [1.165, 1.54) is 23.4 Å². The molecule has 0 radical (unpaired) electrons. The number of ether oxygens (including phenoxy) is 5. The molecule has 0 aliphatic rings. The summed E-state index contributed by atoms with van der Waals surface area (Å²) in [7, 11) is 0. The summed E-state index contributed by atoms with van der Waals surface area (Å²) in [5.41, 5.74) is 4.47. The second-order valence-corrected chi connectivity index (χ2v) is 18.0. The summed E-state index contributed by atoms with van der Waals surface area (Å²) < 4.78 is 28.3. The van der Waals surface area contributed by atoms with Gasteiger partial charge in [-0.15, -0.1) is 30.0 Å². The van der Waals surface area contributed by atoms with Gasteiger partial charge in [0.25, 0.3) is 0 Å². The van der Waals surface area contributed by atoms with Crippen LogP contribution in [0.25, 0.3) is 33.4 Å². The average Bonchev–Trinajstić information content (AvgIpc) is 3.82. The van der Waals surface area contributed by atoms with Gasteiger partial charge in [0.1, 0.15) is 46.7 Å². The Kier molecular flexibility index (Phi) is 13.9. The van der Waals surface area contributed by atoms with Crippen molar-refractivity contribution >= 4 is 69.1 Å². The van der Waals surface area contributed by atoms with E-state index in [1.807, 2.05) is 53.7 Å². The Hall–Kier alpha value is -5.90. The lowest BCUT2D eigenvalue weighted by atomic mass is 9.83. The van der Waals surface area contributed by atoms with Crippen molar-refractivity contribution in [1.82, 2.24) is 30.0 Å². The molecule has 0 N–H and O–H groups in total. The van der Waals surface area contributed by atoms with Crippen LogP contribution in [0.2, 0.25) is 10.0 Å². The Labute approximate surface area is 374 Å². The number of carbonyl (C=O) groups is 4. The molecule has 0 saturated carbocycles. The fourth-order valence-corrected chi connectivity index (χ4v) is 7.03. The second-order valence-electron chi connectivity index (χ2n) is 17.2. The standard InChI is InChI=1S/C46H50Cl2N6O9/c1-25(29-19-33(45(5,6)7)41(62-27(3)55)39(21-29)53-49-35-13-11-31(47)23-37(35)51-53)43(57)60-17-15-59-16-18-61-44(58)26(2)30-20-34(46(8,9)10)42(63-28(4)56)40(22-30)54-50-36-14-12-32(48)24-38(36)52-54/h11-14,19-26H,15-18H2,1-10H3. The van der Waals surface area contributed by atoms with Crippen LogP contribution in [0.5, 0.6) is 11.5 Å². The van der Waals surface area contributed by atoms with Gasteiger partial charge in [-0.25, -0.2) is 0 Å². The van der Waals surface area contributed by atoms with Crippen LogP contribution in [0.4, 0.5) is 0 Å². The molecule has 0 spiro atoms. The first kappa shape index (κ1) is 46.6. The number of fused-ring (bicyclic) bond motifs is 2. The summed E-state index contributed by atoms with van der Waals surface area (Å²) in [5.74, 6) is -2.98. The number of aromatic nitrogens is 6. The summed E-state index contributed by atoms with van der Waals surface area (Å²) in [6.45, 7) is 17.9. The molecule has 0 aliphatic heterocycles. The summed E-state index contributed by atoms with van der Waals surface area (Å²) in [6.07, 6.45) is 0. The number of esters is 4. The molecule has 17 heteroatoms. The molecule has 2 heterocycles. The van der Waals surface area contributed by atoms with E-state index in [2.05, 4.69) is 20.4 Å². The van der Waals surface area contributed by atoms with Crippen LogP contribution in [-0.2, 0) is 44.2 Å². The maximum atomic E-state index is 13.4. The number of halogens is 2. The molecule has 0 aliphatic carbocycles. The largest absolute Gasteiger partial charge is 0.463 e. The first-order valence-corrected chi connectivity index (χ1v) is 21.1. The normalized spacial score (nSPS) is 12.9. The van der Waals surface area contributed by atoms with E-state index in [0.29, 0.717) is 65.7 Å². The highest BCUT2D eigenvalue weighted by Crippen LogP contribution is 2.41. The lowest BCUT2D eigenvalue weighted by Crippen LogP contribution is -2.22. The molecule has 2 unspecified atom stereocenters. The number of rotatable bonds is 14. The lowest BCUT2D eigenvalue weighted by Gasteiger charge is -2.26. The molecule has 2 aromatic heterocycles. The van der Waals surface area contributed by atoms with E-state index in [4.69, 9.17) is 46.9 Å². The fraction of sp³-hybridized carbons (Fsp3) is 0.391. The van der Waals surface area contributed by atoms with Gasteiger partial charge in [-0.05, 0) is 84.3 Å². The zero-order chi connectivity index (χ0) is 46.0. The zero-order valence-electron chi connectivity index (χ0n) is 36.9. The van der Waals surface area contributed by atoms with Crippen molar-refractivity contribution in [2.75, 3.05) is 26.4 Å². The smallest absolute Gasteiger partial charge is 0.313 e. The number of nitrogens with zero attached hydrogens (tertiary/aromatic N) is 6. The molecule has 0 fully saturated rings. The molecular formula is C46H50Cl2N6O9. The van der Waals surface area contributed by atoms with Crippen LogP contribution >= 0.6 is 23.2 Å². The molecule has 2 atom stereocenters. The van der Waals surface area contributed by atoms with Crippen molar-refractivity contribution in [2.24, 2.45) is 0 Å². The molecule has 0 amide bonds.